The lowest BCUT2D eigenvalue weighted by molar-refractivity contribution is 0.0883. The van der Waals surface area contributed by atoms with Gasteiger partial charge in [0, 0.05) is 0 Å². The molecule has 0 atom stereocenters. The second-order valence-corrected chi connectivity index (χ2v) is 7.79. The second-order valence-electron chi connectivity index (χ2n) is 7.79. The van der Waals surface area contributed by atoms with E-state index < -0.39 is 0 Å². The minimum absolute atomic E-state index is 0.337. The lowest BCUT2D eigenvalue weighted by Gasteiger charge is -2.36. The Kier molecular flexibility index (Phi) is 4.31. The third kappa shape index (κ3) is 3.67. The predicted octanol–water partition coefficient (Wildman–Crippen LogP) is 5.70. The summed E-state index contributed by atoms with van der Waals surface area (Å²) in [5, 5.41) is 11.2. The molecule has 3 rings (SSSR count). The first-order valence-corrected chi connectivity index (χ1v) is 8.56. The summed E-state index contributed by atoms with van der Waals surface area (Å²) in [5.41, 5.74) is 1.11. The van der Waals surface area contributed by atoms with Crippen molar-refractivity contribution in [1.29, 1.82) is 5.26 Å². The lowest BCUT2D eigenvalue weighted by Crippen LogP contribution is -2.30. The van der Waals surface area contributed by atoms with Gasteiger partial charge in [0.05, 0.1) is 17.7 Å². The van der Waals surface area contributed by atoms with Gasteiger partial charge in [-0.05, 0) is 72.1 Å². The van der Waals surface area contributed by atoms with Crippen LogP contribution in [-0.4, -0.2) is 6.10 Å². The van der Waals surface area contributed by atoms with Crippen molar-refractivity contribution in [2.45, 2.75) is 52.6 Å². The van der Waals surface area contributed by atoms with Crippen LogP contribution in [-0.2, 0) is 0 Å². The van der Waals surface area contributed by atoms with E-state index in [2.05, 4.69) is 32.9 Å². The molecular formula is C21H25NO. The molecule has 0 bridgehead atoms. The van der Waals surface area contributed by atoms with Crippen molar-refractivity contribution < 1.29 is 4.74 Å². The molecule has 2 heteroatoms. The molecule has 0 unspecified atom stereocenters. The van der Waals surface area contributed by atoms with Gasteiger partial charge < -0.3 is 4.74 Å². The number of hydrogen-bond donors (Lipinski definition) is 0. The fraction of sp³-hybridized carbons (Fsp3) is 0.476. The van der Waals surface area contributed by atoms with Crippen molar-refractivity contribution in [1.82, 2.24) is 0 Å². The fourth-order valence-electron chi connectivity index (χ4n) is 3.61. The van der Waals surface area contributed by atoms with Crippen molar-refractivity contribution in [3.63, 3.8) is 0 Å². The molecule has 2 nitrogen and oxygen atoms in total. The maximum absolute atomic E-state index is 8.97. The highest BCUT2D eigenvalue weighted by Gasteiger charge is 2.30. The van der Waals surface area contributed by atoms with Crippen molar-refractivity contribution in [3.05, 3.63) is 42.0 Å². The third-order valence-corrected chi connectivity index (χ3v) is 5.14. The molecular weight excluding hydrogens is 282 g/mol. The Morgan fingerprint density at radius 1 is 0.957 bits per heavy atom. The van der Waals surface area contributed by atoms with Gasteiger partial charge in [0.2, 0.25) is 0 Å². The topological polar surface area (TPSA) is 33.0 Å². The van der Waals surface area contributed by atoms with Crippen molar-refractivity contribution in [2.24, 2.45) is 11.3 Å². The molecule has 0 saturated heterocycles. The minimum Gasteiger partial charge on any atom is -0.490 e. The van der Waals surface area contributed by atoms with Crippen LogP contribution < -0.4 is 4.74 Å². The maximum atomic E-state index is 8.97. The molecule has 120 valence electrons. The Balaban J connectivity index is 1.67. The summed E-state index contributed by atoms with van der Waals surface area (Å²) < 4.78 is 6.22. The molecule has 2 aromatic rings. The van der Waals surface area contributed by atoms with Gasteiger partial charge in [-0.2, -0.15) is 5.26 Å². The summed E-state index contributed by atoms with van der Waals surface area (Å²) in [4.78, 5) is 0. The van der Waals surface area contributed by atoms with Crippen LogP contribution in [0.2, 0.25) is 0 Å². The Morgan fingerprint density at radius 3 is 2.26 bits per heavy atom. The molecule has 1 fully saturated rings. The first-order chi connectivity index (χ1) is 11.0. The molecule has 0 aliphatic heterocycles. The Hall–Kier alpha value is -2.01. The van der Waals surface area contributed by atoms with Crippen LogP contribution in [0.3, 0.4) is 0 Å². The van der Waals surface area contributed by atoms with E-state index in [1.165, 1.54) is 12.8 Å². The molecule has 1 aliphatic rings. The molecule has 0 radical (unpaired) electrons. The minimum atomic E-state index is 0.337. The Morgan fingerprint density at radius 2 is 1.61 bits per heavy atom. The largest absolute Gasteiger partial charge is 0.490 e. The smallest absolute Gasteiger partial charge is 0.120 e. The number of fused-ring (bicyclic) bond motifs is 1. The summed E-state index contributed by atoms with van der Waals surface area (Å²) in [6, 6.07) is 14.1. The van der Waals surface area contributed by atoms with Crippen LogP contribution >= 0.6 is 0 Å². The number of rotatable bonds is 2. The third-order valence-electron chi connectivity index (χ3n) is 5.14. The van der Waals surface area contributed by atoms with Gasteiger partial charge in [-0.1, -0.05) is 32.9 Å². The van der Waals surface area contributed by atoms with Gasteiger partial charge in [-0.25, -0.2) is 0 Å². The number of benzene rings is 2. The lowest BCUT2D eigenvalue weighted by atomic mass is 9.72. The summed E-state index contributed by atoms with van der Waals surface area (Å²) in [6.45, 7) is 7.03. The summed E-state index contributed by atoms with van der Waals surface area (Å²) in [5.74, 6) is 1.75. The monoisotopic (exact) mass is 307 g/mol. The molecule has 0 heterocycles. The fourth-order valence-corrected chi connectivity index (χ4v) is 3.61. The normalized spacial score (nSPS) is 21.8. The van der Waals surface area contributed by atoms with Gasteiger partial charge >= 0.3 is 0 Å². The second kappa shape index (κ2) is 6.24. The van der Waals surface area contributed by atoms with Crippen LogP contribution in [0.5, 0.6) is 5.75 Å². The van der Waals surface area contributed by atoms with Crippen LogP contribution in [0.4, 0.5) is 0 Å². The standard InChI is InChI=1S/C21H25NO/c1-21(2,3)18-7-10-19(11-8-18)23-20-9-6-16-12-15(14-22)4-5-17(16)13-20/h4-6,9,12-13,18-19H,7-8,10-11H2,1-3H3. The van der Waals surface area contributed by atoms with Crippen molar-refractivity contribution in [2.75, 3.05) is 0 Å². The van der Waals surface area contributed by atoms with E-state index in [9.17, 15) is 0 Å². The van der Waals surface area contributed by atoms with E-state index in [0.717, 1.165) is 35.3 Å². The first kappa shape index (κ1) is 15.9. The zero-order valence-electron chi connectivity index (χ0n) is 14.3. The van der Waals surface area contributed by atoms with E-state index in [1.807, 2.05) is 30.3 Å². The highest BCUT2D eigenvalue weighted by molar-refractivity contribution is 5.85. The predicted molar refractivity (Wildman–Crippen MR) is 94.5 cm³/mol. The highest BCUT2D eigenvalue weighted by Crippen LogP contribution is 2.38. The van der Waals surface area contributed by atoms with Crippen LogP contribution in [0.1, 0.15) is 52.0 Å². The van der Waals surface area contributed by atoms with E-state index >= 15 is 0 Å². The quantitative estimate of drug-likeness (QED) is 0.713. The molecule has 0 N–H and O–H groups in total. The molecule has 0 aromatic heterocycles. The van der Waals surface area contributed by atoms with E-state index in [1.54, 1.807) is 0 Å². The zero-order chi connectivity index (χ0) is 16.4. The van der Waals surface area contributed by atoms with Crippen molar-refractivity contribution in [3.8, 4) is 11.8 Å². The molecule has 23 heavy (non-hydrogen) atoms. The number of ether oxygens (including phenoxy) is 1. The average Bonchev–Trinajstić information content (AvgIpc) is 2.54. The van der Waals surface area contributed by atoms with Crippen molar-refractivity contribution >= 4 is 10.8 Å². The van der Waals surface area contributed by atoms with Gasteiger partial charge in [-0.3, -0.25) is 0 Å². The van der Waals surface area contributed by atoms with Gasteiger partial charge in [0.15, 0.2) is 0 Å². The summed E-state index contributed by atoms with van der Waals surface area (Å²) >= 11 is 0. The van der Waals surface area contributed by atoms with Crippen LogP contribution in [0.25, 0.3) is 10.8 Å². The van der Waals surface area contributed by atoms with E-state index in [0.29, 0.717) is 17.1 Å². The number of nitriles is 1. The molecule has 0 spiro atoms. The molecule has 0 amide bonds. The first-order valence-electron chi connectivity index (χ1n) is 8.56. The van der Waals surface area contributed by atoms with E-state index in [-0.39, 0.29) is 0 Å². The molecule has 1 aliphatic carbocycles. The van der Waals surface area contributed by atoms with E-state index in [4.69, 9.17) is 10.00 Å². The summed E-state index contributed by atoms with van der Waals surface area (Å²) in [7, 11) is 0. The maximum Gasteiger partial charge on any atom is 0.120 e. The Labute approximate surface area is 139 Å². The van der Waals surface area contributed by atoms with Crippen LogP contribution in [0.15, 0.2) is 36.4 Å². The SMILES string of the molecule is CC(C)(C)C1CCC(Oc2ccc3cc(C#N)ccc3c2)CC1. The molecule has 1 saturated carbocycles. The average molecular weight is 307 g/mol. The van der Waals surface area contributed by atoms with Gasteiger partial charge in [-0.15, -0.1) is 0 Å². The summed E-state index contributed by atoms with van der Waals surface area (Å²) in [6.07, 6.45) is 5.14. The number of hydrogen-bond acceptors (Lipinski definition) is 2. The van der Waals surface area contributed by atoms with Gasteiger partial charge in [0.1, 0.15) is 5.75 Å². The van der Waals surface area contributed by atoms with Gasteiger partial charge in [0.25, 0.3) is 0 Å². The molecule has 2 aromatic carbocycles. The number of nitrogens with zero attached hydrogens (tertiary/aromatic N) is 1. The Bertz CT molecular complexity index is 728. The van der Waals surface area contributed by atoms with Crippen LogP contribution in [0, 0.1) is 22.7 Å². The highest BCUT2D eigenvalue weighted by atomic mass is 16.5. The zero-order valence-corrected chi connectivity index (χ0v) is 14.3.